The van der Waals surface area contributed by atoms with Gasteiger partial charge in [-0.15, -0.1) is 0 Å². The predicted octanol–water partition coefficient (Wildman–Crippen LogP) is 3.99. The van der Waals surface area contributed by atoms with Gasteiger partial charge in [-0.05, 0) is 49.5 Å². The lowest BCUT2D eigenvalue weighted by molar-refractivity contribution is -0.137. The number of alkyl halides is 5. The molecule has 172 valence electrons. The Hall–Kier alpha value is -2.49. The van der Waals surface area contributed by atoms with Crippen LogP contribution >= 0.6 is 0 Å². The minimum Gasteiger partial charge on any atom is -0.382 e. The Labute approximate surface area is 178 Å². The summed E-state index contributed by atoms with van der Waals surface area (Å²) in [6, 6.07) is 2.52. The number of amidine groups is 1. The number of aliphatic imine (C=N–C) groups is 1. The summed E-state index contributed by atoms with van der Waals surface area (Å²) in [6.45, 7) is 1.87. The number of likely N-dealkylation sites (N-methyl/N-ethyl adjacent to an activating group) is 1. The number of allylic oxidation sites excluding steroid dienone is 1. The topological polar surface area (TPSA) is 61.9 Å². The Morgan fingerprint density at radius 1 is 1.26 bits per heavy atom. The Kier molecular flexibility index (Phi) is 7.80. The number of carbonyl (C=O) groups excluding carboxylic acids is 1. The molecule has 1 saturated heterocycles. The molecule has 1 heterocycles. The fourth-order valence-electron chi connectivity index (χ4n) is 3.60. The van der Waals surface area contributed by atoms with Crippen LogP contribution in [0.15, 0.2) is 35.0 Å². The van der Waals surface area contributed by atoms with E-state index in [-0.39, 0.29) is 23.9 Å². The molecule has 0 aliphatic carbocycles. The van der Waals surface area contributed by atoms with Gasteiger partial charge in [-0.3, -0.25) is 14.7 Å². The van der Waals surface area contributed by atoms with E-state index in [1.165, 1.54) is 11.9 Å². The van der Waals surface area contributed by atoms with E-state index >= 15 is 0 Å². The normalized spacial score (nSPS) is 17.7. The molecule has 5 nitrogen and oxygen atoms in total. The molecule has 0 aromatic heterocycles. The lowest BCUT2D eigenvalue weighted by atomic mass is 9.93. The Morgan fingerprint density at radius 2 is 1.87 bits per heavy atom. The van der Waals surface area contributed by atoms with Crippen molar-refractivity contribution in [1.82, 2.24) is 9.80 Å². The number of hydrogen-bond acceptors (Lipinski definition) is 3. The SMILES string of the molecule is CN=C(N)/C(=C/C1CCN(Cc2ccc(C(F)(F)F)cc2C(C)(F)F)CC1)N(C)C=O. The number of piperidine rings is 1. The number of hydrogen-bond donors (Lipinski definition) is 1. The molecule has 10 heteroatoms. The molecule has 1 fully saturated rings. The van der Waals surface area contributed by atoms with Crippen molar-refractivity contribution in [2.45, 2.75) is 38.4 Å². The smallest absolute Gasteiger partial charge is 0.382 e. The first-order valence-electron chi connectivity index (χ1n) is 9.80. The second-order valence-electron chi connectivity index (χ2n) is 7.75. The molecule has 0 radical (unpaired) electrons. The van der Waals surface area contributed by atoms with Crippen LogP contribution in [-0.2, 0) is 23.4 Å². The summed E-state index contributed by atoms with van der Waals surface area (Å²) in [5, 5.41) is 0. The summed E-state index contributed by atoms with van der Waals surface area (Å²) in [7, 11) is 3.10. The highest BCUT2D eigenvalue weighted by Crippen LogP contribution is 2.37. The van der Waals surface area contributed by atoms with Crippen molar-refractivity contribution < 1.29 is 26.7 Å². The molecule has 2 rings (SSSR count). The highest BCUT2D eigenvalue weighted by atomic mass is 19.4. The number of nitrogens with two attached hydrogens (primary N) is 1. The van der Waals surface area contributed by atoms with E-state index in [9.17, 15) is 26.7 Å². The maximum atomic E-state index is 14.0. The number of nitrogens with zero attached hydrogens (tertiary/aromatic N) is 3. The summed E-state index contributed by atoms with van der Waals surface area (Å²) >= 11 is 0. The van der Waals surface area contributed by atoms with Gasteiger partial charge in [0, 0.05) is 33.1 Å². The molecule has 1 amide bonds. The van der Waals surface area contributed by atoms with Crippen LogP contribution in [0, 0.1) is 5.92 Å². The molecular formula is C21H27F5N4O. The van der Waals surface area contributed by atoms with Crippen LogP contribution in [0.25, 0.3) is 0 Å². The second-order valence-corrected chi connectivity index (χ2v) is 7.75. The third kappa shape index (κ3) is 6.49. The van der Waals surface area contributed by atoms with Gasteiger partial charge in [0.25, 0.3) is 5.92 Å². The maximum Gasteiger partial charge on any atom is 0.416 e. The standard InChI is InChI=1S/C21H27F5N4O/c1-20(22,23)17-11-16(21(24,25)26)5-4-15(17)12-30-8-6-14(7-9-30)10-18(19(27)28-2)29(3)13-31/h4-5,10-11,13-14H,6-9,12H2,1-3H3,(H2,27,28)/b18-10-. The predicted molar refractivity (Wildman–Crippen MR) is 108 cm³/mol. The monoisotopic (exact) mass is 446 g/mol. The van der Waals surface area contributed by atoms with E-state index in [2.05, 4.69) is 4.99 Å². The summed E-state index contributed by atoms with van der Waals surface area (Å²) in [5.41, 5.74) is 4.86. The van der Waals surface area contributed by atoms with Crippen LogP contribution in [0.1, 0.15) is 36.5 Å². The van der Waals surface area contributed by atoms with E-state index in [1.807, 2.05) is 11.0 Å². The first-order chi connectivity index (χ1) is 14.4. The maximum absolute atomic E-state index is 14.0. The van der Waals surface area contributed by atoms with Gasteiger partial charge in [0.15, 0.2) is 0 Å². The fourth-order valence-corrected chi connectivity index (χ4v) is 3.60. The summed E-state index contributed by atoms with van der Waals surface area (Å²) in [6.07, 6.45) is -0.801. The largest absolute Gasteiger partial charge is 0.416 e. The van der Waals surface area contributed by atoms with Crippen molar-refractivity contribution >= 4 is 12.2 Å². The second kappa shape index (κ2) is 9.76. The molecular weight excluding hydrogens is 419 g/mol. The first kappa shape index (κ1) is 24.8. The van der Waals surface area contributed by atoms with Crippen LogP contribution in [0.3, 0.4) is 0 Å². The van der Waals surface area contributed by atoms with Crippen molar-refractivity contribution in [1.29, 1.82) is 0 Å². The lowest BCUT2D eigenvalue weighted by Crippen LogP contribution is -2.35. The molecule has 0 saturated carbocycles. The Balaban J connectivity index is 2.14. The van der Waals surface area contributed by atoms with Crippen molar-refractivity contribution in [3.8, 4) is 0 Å². The number of carbonyl (C=O) groups is 1. The quantitative estimate of drug-likeness (QED) is 0.298. The van der Waals surface area contributed by atoms with Crippen LogP contribution in [0.5, 0.6) is 0 Å². The van der Waals surface area contributed by atoms with Crippen LogP contribution in [0.4, 0.5) is 22.0 Å². The average molecular weight is 446 g/mol. The van der Waals surface area contributed by atoms with Gasteiger partial charge in [-0.2, -0.15) is 13.2 Å². The zero-order chi connectivity index (χ0) is 23.4. The number of rotatable bonds is 7. The van der Waals surface area contributed by atoms with E-state index < -0.39 is 23.2 Å². The summed E-state index contributed by atoms with van der Waals surface area (Å²) in [4.78, 5) is 18.3. The van der Waals surface area contributed by atoms with E-state index in [4.69, 9.17) is 5.73 Å². The van der Waals surface area contributed by atoms with Gasteiger partial charge in [0.05, 0.1) is 11.3 Å². The first-order valence-corrected chi connectivity index (χ1v) is 9.80. The van der Waals surface area contributed by atoms with E-state index in [0.29, 0.717) is 51.0 Å². The van der Waals surface area contributed by atoms with Gasteiger partial charge in [0.1, 0.15) is 5.84 Å². The van der Waals surface area contributed by atoms with Crippen molar-refractivity contribution in [3.63, 3.8) is 0 Å². The average Bonchev–Trinajstić information content (AvgIpc) is 2.70. The van der Waals surface area contributed by atoms with Crippen molar-refractivity contribution in [3.05, 3.63) is 46.7 Å². The fraction of sp³-hybridized carbons (Fsp3) is 0.524. The Bertz CT molecular complexity index is 837. The Morgan fingerprint density at radius 3 is 2.35 bits per heavy atom. The third-order valence-electron chi connectivity index (χ3n) is 5.37. The van der Waals surface area contributed by atoms with Crippen molar-refractivity contribution in [2.24, 2.45) is 16.6 Å². The molecule has 1 aromatic rings. The number of likely N-dealkylation sites (tertiary alicyclic amines) is 1. The molecule has 0 spiro atoms. The van der Waals surface area contributed by atoms with Gasteiger partial charge < -0.3 is 10.6 Å². The van der Waals surface area contributed by atoms with Gasteiger partial charge in [0.2, 0.25) is 6.41 Å². The zero-order valence-corrected chi connectivity index (χ0v) is 17.7. The van der Waals surface area contributed by atoms with Crippen LogP contribution in [0.2, 0.25) is 0 Å². The lowest BCUT2D eigenvalue weighted by Gasteiger charge is -2.32. The summed E-state index contributed by atoms with van der Waals surface area (Å²) in [5.74, 6) is -3.05. The van der Waals surface area contributed by atoms with E-state index in [0.717, 1.165) is 12.1 Å². The molecule has 1 aliphatic rings. The molecule has 2 N–H and O–H groups in total. The van der Waals surface area contributed by atoms with E-state index in [1.54, 1.807) is 7.05 Å². The zero-order valence-electron chi connectivity index (χ0n) is 17.7. The highest BCUT2D eigenvalue weighted by molar-refractivity contribution is 5.97. The molecule has 0 bridgehead atoms. The van der Waals surface area contributed by atoms with Crippen LogP contribution in [-0.4, -0.2) is 49.2 Å². The summed E-state index contributed by atoms with van der Waals surface area (Å²) < 4.78 is 66.9. The number of amides is 1. The number of benzene rings is 1. The van der Waals surface area contributed by atoms with Crippen LogP contribution < -0.4 is 5.73 Å². The van der Waals surface area contributed by atoms with Gasteiger partial charge >= 0.3 is 6.18 Å². The third-order valence-corrected chi connectivity index (χ3v) is 5.37. The van der Waals surface area contributed by atoms with Gasteiger partial charge in [-0.25, -0.2) is 8.78 Å². The number of halogens is 5. The van der Waals surface area contributed by atoms with Crippen molar-refractivity contribution in [2.75, 3.05) is 27.2 Å². The molecule has 31 heavy (non-hydrogen) atoms. The molecule has 1 aliphatic heterocycles. The molecule has 1 aromatic carbocycles. The minimum atomic E-state index is -4.68. The highest BCUT2D eigenvalue weighted by Gasteiger charge is 2.35. The van der Waals surface area contributed by atoms with Gasteiger partial charge in [-0.1, -0.05) is 12.1 Å². The molecule has 0 unspecified atom stereocenters. The minimum absolute atomic E-state index is 0.105. The molecule has 0 atom stereocenters.